The summed E-state index contributed by atoms with van der Waals surface area (Å²) >= 11 is 6.19. The predicted molar refractivity (Wildman–Crippen MR) is 115 cm³/mol. The maximum Gasteiger partial charge on any atom is 0.314 e. The molecule has 1 aliphatic rings. The third-order valence-corrected chi connectivity index (χ3v) is 5.45. The van der Waals surface area contributed by atoms with Crippen LogP contribution < -0.4 is 15.5 Å². The summed E-state index contributed by atoms with van der Waals surface area (Å²) < 4.78 is 0. The van der Waals surface area contributed by atoms with Gasteiger partial charge in [-0.25, -0.2) is 0 Å². The normalized spacial score (nSPS) is 14.6. The van der Waals surface area contributed by atoms with E-state index in [1.165, 1.54) is 12.8 Å². The number of nitrogens with zero attached hydrogens (tertiary/aromatic N) is 1. The van der Waals surface area contributed by atoms with Crippen molar-refractivity contribution in [2.45, 2.75) is 33.6 Å². The molecule has 2 aromatic carbocycles. The summed E-state index contributed by atoms with van der Waals surface area (Å²) in [5, 5.41) is 5.65. The van der Waals surface area contributed by atoms with E-state index in [4.69, 9.17) is 11.6 Å². The molecule has 1 aliphatic heterocycles. The van der Waals surface area contributed by atoms with Gasteiger partial charge in [0.15, 0.2) is 0 Å². The Balaban J connectivity index is 1.60. The highest BCUT2D eigenvalue weighted by Gasteiger charge is 2.18. The van der Waals surface area contributed by atoms with Crippen LogP contribution in [0.2, 0.25) is 5.02 Å². The molecule has 0 atom stereocenters. The van der Waals surface area contributed by atoms with Crippen molar-refractivity contribution in [1.29, 1.82) is 0 Å². The summed E-state index contributed by atoms with van der Waals surface area (Å²) in [7, 11) is 0. The van der Waals surface area contributed by atoms with Crippen molar-refractivity contribution in [2.24, 2.45) is 5.92 Å². The summed E-state index contributed by atoms with van der Waals surface area (Å²) in [5.74, 6) is -0.697. The number of nitrogens with one attached hydrogen (secondary N) is 2. The molecule has 0 spiro atoms. The second-order valence-corrected chi connectivity index (χ2v) is 7.97. The number of carbonyl (C=O) groups excluding carboxylic acids is 2. The maximum absolute atomic E-state index is 12.3. The lowest BCUT2D eigenvalue weighted by Crippen LogP contribution is -2.32. The molecule has 2 N–H and O–H groups in total. The monoisotopic (exact) mass is 399 g/mol. The average molecular weight is 400 g/mol. The molecule has 28 heavy (non-hydrogen) atoms. The molecule has 6 heteroatoms. The molecule has 0 aromatic heterocycles. The van der Waals surface area contributed by atoms with Crippen LogP contribution in [-0.4, -0.2) is 24.9 Å². The van der Waals surface area contributed by atoms with Crippen LogP contribution in [0.4, 0.5) is 17.1 Å². The van der Waals surface area contributed by atoms with Gasteiger partial charge in [-0.3, -0.25) is 9.59 Å². The van der Waals surface area contributed by atoms with Gasteiger partial charge in [0.05, 0.1) is 10.7 Å². The molecule has 0 aliphatic carbocycles. The molecule has 148 valence electrons. The summed E-state index contributed by atoms with van der Waals surface area (Å²) in [6.07, 6.45) is 2.39. The number of hydrogen-bond donors (Lipinski definition) is 2. The minimum Gasteiger partial charge on any atom is -0.372 e. The number of amides is 2. The van der Waals surface area contributed by atoms with E-state index in [-0.39, 0.29) is 0 Å². The van der Waals surface area contributed by atoms with Crippen molar-refractivity contribution < 1.29 is 9.59 Å². The van der Waals surface area contributed by atoms with E-state index in [1.807, 2.05) is 44.2 Å². The zero-order chi connectivity index (χ0) is 20.3. The topological polar surface area (TPSA) is 61.4 Å². The fraction of sp³-hybridized carbons (Fsp3) is 0.364. The number of piperidine rings is 1. The average Bonchev–Trinajstić information content (AvgIpc) is 2.65. The molecule has 0 bridgehead atoms. The highest BCUT2D eigenvalue weighted by Crippen LogP contribution is 2.27. The Bertz CT molecular complexity index is 849. The molecular formula is C22H26ClN3O2. The summed E-state index contributed by atoms with van der Waals surface area (Å²) in [6, 6.07) is 11.3. The number of carbonyl (C=O) groups is 2. The third kappa shape index (κ3) is 4.84. The first-order valence-electron chi connectivity index (χ1n) is 9.57. The van der Waals surface area contributed by atoms with Gasteiger partial charge in [0, 0.05) is 24.5 Å². The number of halogens is 1. The van der Waals surface area contributed by atoms with Gasteiger partial charge in [0.25, 0.3) is 0 Å². The number of benzene rings is 2. The van der Waals surface area contributed by atoms with Gasteiger partial charge < -0.3 is 15.5 Å². The van der Waals surface area contributed by atoms with Gasteiger partial charge in [-0.05, 0) is 74.1 Å². The Morgan fingerprint density at radius 3 is 2.21 bits per heavy atom. The van der Waals surface area contributed by atoms with E-state index >= 15 is 0 Å². The van der Waals surface area contributed by atoms with E-state index in [0.29, 0.717) is 16.4 Å². The lowest BCUT2D eigenvalue weighted by molar-refractivity contribution is -0.133. The Kier molecular flexibility index (Phi) is 6.25. The zero-order valence-electron chi connectivity index (χ0n) is 16.5. The van der Waals surface area contributed by atoms with E-state index in [0.717, 1.165) is 35.8 Å². The molecular weight excluding hydrogens is 374 g/mol. The minimum absolute atomic E-state index is 0.416. The first-order valence-corrected chi connectivity index (χ1v) is 9.95. The van der Waals surface area contributed by atoms with Crippen LogP contribution in [0.1, 0.15) is 30.9 Å². The van der Waals surface area contributed by atoms with Crippen LogP contribution in [0.5, 0.6) is 0 Å². The van der Waals surface area contributed by atoms with Crippen LogP contribution >= 0.6 is 11.6 Å². The second-order valence-electron chi connectivity index (χ2n) is 7.56. The van der Waals surface area contributed by atoms with E-state index in [9.17, 15) is 9.59 Å². The summed E-state index contributed by atoms with van der Waals surface area (Å²) in [4.78, 5) is 26.9. The van der Waals surface area contributed by atoms with Crippen molar-refractivity contribution in [3.8, 4) is 0 Å². The van der Waals surface area contributed by atoms with Crippen LogP contribution in [0, 0.1) is 19.8 Å². The molecule has 1 saturated heterocycles. The maximum atomic E-state index is 12.3. The smallest absolute Gasteiger partial charge is 0.314 e. The van der Waals surface area contributed by atoms with Gasteiger partial charge in [-0.15, -0.1) is 0 Å². The number of aryl methyl sites for hydroxylation is 2. The number of hydrogen-bond acceptors (Lipinski definition) is 3. The molecule has 0 radical (unpaired) electrons. The van der Waals surface area contributed by atoms with Crippen molar-refractivity contribution in [1.82, 2.24) is 0 Å². The van der Waals surface area contributed by atoms with Gasteiger partial charge in [0.1, 0.15) is 0 Å². The Morgan fingerprint density at radius 2 is 1.61 bits per heavy atom. The molecule has 0 unspecified atom stereocenters. The molecule has 1 fully saturated rings. The first kappa shape index (κ1) is 20.2. The Morgan fingerprint density at radius 1 is 1.00 bits per heavy atom. The Labute approximate surface area is 171 Å². The van der Waals surface area contributed by atoms with Gasteiger partial charge in [0.2, 0.25) is 0 Å². The van der Waals surface area contributed by atoms with Crippen LogP contribution in [-0.2, 0) is 9.59 Å². The molecule has 0 saturated carbocycles. The van der Waals surface area contributed by atoms with Gasteiger partial charge in [-0.1, -0.05) is 24.6 Å². The number of rotatable bonds is 3. The van der Waals surface area contributed by atoms with Crippen molar-refractivity contribution >= 4 is 40.5 Å². The minimum atomic E-state index is -0.747. The molecule has 2 aromatic rings. The molecule has 1 heterocycles. The van der Waals surface area contributed by atoms with Crippen LogP contribution in [0.15, 0.2) is 36.4 Å². The van der Waals surface area contributed by atoms with Crippen molar-refractivity contribution in [3.63, 3.8) is 0 Å². The predicted octanol–water partition coefficient (Wildman–Crippen LogP) is 4.77. The summed E-state index contributed by atoms with van der Waals surface area (Å²) in [5.41, 5.74) is 3.99. The van der Waals surface area contributed by atoms with E-state index < -0.39 is 11.8 Å². The van der Waals surface area contributed by atoms with Crippen LogP contribution in [0.25, 0.3) is 0 Å². The lowest BCUT2D eigenvalue weighted by Gasteiger charge is -2.32. The zero-order valence-corrected chi connectivity index (χ0v) is 17.3. The van der Waals surface area contributed by atoms with E-state index in [1.54, 1.807) is 6.07 Å². The van der Waals surface area contributed by atoms with Gasteiger partial charge in [-0.2, -0.15) is 0 Å². The molecule has 5 nitrogen and oxygen atoms in total. The fourth-order valence-electron chi connectivity index (χ4n) is 3.45. The molecule has 2 amide bonds. The van der Waals surface area contributed by atoms with Crippen molar-refractivity contribution in [3.05, 3.63) is 52.5 Å². The second kappa shape index (κ2) is 8.65. The third-order valence-electron chi connectivity index (χ3n) is 5.15. The first-order chi connectivity index (χ1) is 13.3. The fourth-order valence-corrected chi connectivity index (χ4v) is 3.82. The van der Waals surface area contributed by atoms with Crippen molar-refractivity contribution in [2.75, 3.05) is 28.6 Å². The van der Waals surface area contributed by atoms with Crippen LogP contribution in [0.3, 0.4) is 0 Å². The molecule has 3 rings (SSSR count). The highest BCUT2D eigenvalue weighted by atomic mass is 35.5. The van der Waals surface area contributed by atoms with Gasteiger partial charge >= 0.3 is 11.8 Å². The summed E-state index contributed by atoms with van der Waals surface area (Å²) in [6.45, 7) is 8.14. The van der Waals surface area contributed by atoms with E-state index in [2.05, 4.69) is 22.5 Å². The lowest BCUT2D eigenvalue weighted by atomic mass is 9.99. The quantitative estimate of drug-likeness (QED) is 0.731. The largest absolute Gasteiger partial charge is 0.372 e. The highest BCUT2D eigenvalue weighted by molar-refractivity contribution is 6.45. The number of anilines is 3. The Hall–Kier alpha value is -2.53. The standard InChI is InChI=1S/C22H26ClN3O2/c1-14-8-10-26(11-9-14)18-6-4-17(5-7-18)24-21(27)22(28)25-20-16(3)12-15(2)13-19(20)23/h4-7,12-14H,8-11H2,1-3H3,(H,24,27)(H,25,28). The SMILES string of the molecule is Cc1cc(C)c(NC(=O)C(=O)Nc2ccc(N3CCC(C)CC3)cc2)c(Cl)c1.